The second kappa shape index (κ2) is 14.0. The van der Waals surface area contributed by atoms with Crippen LogP contribution in [0.25, 0.3) is 0 Å². The molecule has 1 unspecified atom stereocenters. The van der Waals surface area contributed by atoms with E-state index in [1.807, 2.05) is 0 Å². The molecular weight excluding hydrogens is 296 g/mol. The van der Waals surface area contributed by atoms with Crippen molar-refractivity contribution >= 4 is 6.03 Å². The lowest BCUT2D eigenvalue weighted by molar-refractivity contribution is 0.00893. The van der Waals surface area contributed by atoms with Crippen LogP contribution in [0.5, 0.6) is 0 Å². The largest absolute Gasteiger partial charge is 0.491 e. The van der Waals surface area contributed by atoms with Crippen molar-refractivity contribution in [1.82, 2.24) is 5.32 Å². The van der Waals surface area contributed by atoms with Crippen molar-refractivity contribution in [2.45, 2.75) is 59.8 Å². The van der Waals surface area contributed by atoms with Gasteiger partial charge in [-0.05, 0) is 31.6 Å². The molecule has 0 aliphatic heterocycles. The molecule has 2 amide bonds. The zero-order chi connectivity index (χ0) is 17.5. The van der Waals surface area contributed by atoms with E-state index in [1.165, 1.54) is 0 Å². The zero-order valence-electron chi connectivity index (χ0n) is 15.2. The second-order valence-electron chi connectivity index (χ2n) is 5.65. The molecule has 0 bridgehead atoms. The van der Waals surface area contributed by atoms with Crippen molar-refractivity contribution in [3.05, 3.63) is 11.7 Å². The van der Waals surface area contributed by atoms with Crippen LogP contribution in [-0.4, -0.2) is 32.4 Å². The van der Waals surface area contributed by atoms with Crippen LogP contribution in [0.1, 0.15) is 59.8 Å². The molecular formula is C17H34N2O4. The van der Waals surface area contributed by atoms with Crippen LogP contribution in [0.4, 0.5) is 4.79 Å². The summed E-state index contributed by atoms with van der Waals surface area (Å²) in [6.07, 6.45) is 4.28. The quantitative estimate of drug-likeness (QED) is 0.477. The van der Waals surface area contributed by atoms with Crippen molar-refractivity contribution in [3.63, 3.8) is 0 Å². The number of allylic oxidation sites excluding steroid dienone is 1. The highest BCUT2D eigenvalue weighted by Gasteiger charge is 2.16. The third kappa shape index (κ3) is 11.6. The van der Waals surface area contributed by atoms with Crippen LogP contribution in [0.3, 0.4) is 0 Å². The van der Waals surface area contributed by atoms with Crippen molar-refractivity contribution in [2.24, 2.45) is 11.7 Å². The number of nitrogens with two attached hydrogens (primary N) is 1. The van der Waals surface area contributed by atoms with Gasteiger partial charge in [-0.1, -0.05) is 27.7 Å². The van der Waals surface area contributed by atoms with E-state index in [1.54, 1.807) is 0 Å². The highest BCUT2D eigenvalue weighted by Crippen LogP contribution is 2.21. The molecule has 0 saturated carbocycles. The summed E-state index contributed by atoms with van der Waals surface area (Å²) in [5, 5.41) is 2.61. The molecule has 6 heteroatoms. The first-order chi connectivity index (χ1) is 11.0. The fourth-order valence-electron chi connectivity index (χ4n) is 1.88. The molecule has 0 aromatic carbocycles. The second-order valence-corrected chi connectivity index (χ2v) is 5.65. The van der Waals surface area contributed by atoms with Crippen LogP contribution in [0, 0.1) is 5.92 Å². The van der Waals surface area contributed by atoms with Gasteiger partial charge >= 0.3 is 12.0 Å². The van der Waals surface area contributed by atoms with Crippen LogP contribution < -0.4 is 11.1 Å². The Hall–Kier alpha value is -1.59. The summed E-state index contributed by atoms with van der Waals surface area (Å²) in [6, 6.07) is -0.492. The minimum atomic E-state index is -0.492. The first kappa shape index (κ1) is 21.4. The summed E-state index contributed by atoms with van der Waals surface area (Å²) in [7, 11) is 0. The van der Waals surface area contributed by atoms with E-state index in [0.29, 0.717) is 44.6 Å². The number of carbonyl (C=O) groups is 1. The number of nitrogens with one attached hydrogen (secondary N) is 1. The van der Waals surface area contributed by atoms with Gasteiger partial charge in [0.25, 0.3) is 0 Å². The number of primary amides is 1. The number of amides is 2. The Bertz CT molecular complexity index is 335. The zero-order valence-corrected chi connectivity index (χ0v) is 15.2. The first-order valence-electron chi connectivity index (χ1n) is 8.69. The van der Waals surface area contributed by atoms with Crippen LogP contribution in [-0.2, 0) is 14.2 Å². The van der Waals surface area contributed by atoms with E-state index in [0.717, 1.165) is 31.4 Å². The van der Waals surface area contributed by atoms with Crippen molar-refractivity contribution in [3.8, 4) is 0 Å². The lowest BCUT2D eigenvalue weighted by atomic mass is 10.0. The van der Waals surface area contributed by atoms with E-state index in [-0.39, 0.29) is 0 Å². The third-order valence-corrected chi connectivity index (χ3v) is 3.05. The molecule has 6 nitrogen and oxygen atoms in total. The summed E-state index contributed by atoms with van der Waals surface area (Å²) in [5.41, 5.74) is 5.08. The summed E-state index contributed by atoms with van der Waals surface area (Å²) in [6.45, 7) is 10.7. The average molecular weight is 330 g/mol. The Balaban J connectivity index is 4.79. The molecule has 0 saturated heterocycles. The van der Waals surface area contributed by atoms with E-state index in [4.69, 9.17) is 19.9 Å². The van der Waals surface area contributed by atoms with Gasteiger partial charge in [-0.25, -0.2) is 4.79 Å². The van der Waals surface area contributed by atoms with Gasteiger partial charge < -0.3 is 25.3 Å². The minimum absolute atomic E-state index is 0.319. The molecule has 0 radical (unpaired) electrons. The van der Waals surface area contributed by atoms with Crippen molar-refractivity contribution in [2.75, 3.05) is 26.4 Å². The summed E-state index contributed by atoms with van der Waals surface area (Å²) < 4.78 is 17.3. The van der Waals surface area contributed by atoms with E-state index in [2.05, 4.69) is 33.0 Å². The molecule has 0 aromatic heterocycles. The Kier molecular flexibility index (Phi) is 13.1. The molecule has 0 aliphatic carbocycles. The minimum Gasteiger partial charge on any atom is -0.491 e. The number of carbonyl (C=O) groups excluding carboxylic acids is 1. The first-order valence-corrected chi connectivity index (χ1v) is 8.69. The number of hydrogen-bond acceptors (Lipinski definition) is 4. The number of rotatable bonds is 14. The van der Waals surface area contributed by atoms with Crippen LogP contribution in [0.15, 0.2) is 11.7 Å². The molecule has 0 spiro atoms. The molecule has 0 rings (SSSR count). The molecule has 0 aliphatic rings. The molecule has 3 N–H and O–H groups in total. The Morgan fingerprint density at radius 3 is 2.00 bits per heavy atom. The SMILES string of the molecule is CCCOC(CC(C)CCNC(N)=O)=C(OCCC)OCCC. The number of hydrogen-bond donors (Lipinski definition) is 2. The highest BCUT2D eigenvalue weighted by molar-refractivity contribution is 5.71. The van der Waals surface area contributed by atoms with E-state index in [9.17, 15) is 4.79 Å². The van der Waals surface area contributed by atoms with Gasteiger partial charge in [-0.15, -0.1) is 0 Å². The maximum atomic E-state index is 10.7. The topological polar surface area (TPSA) is 82.8 Å². The standard InChI is InChI=1S/C17H34N2O4/c1-5-10-21-15(13-14(4)8-9-19-17(18)20)16(22-11-6-2)23-12-7-3/h14H,5-13H2,1-4H3,(H3,18,19,20). The Labute approximate surface area is 140 Å². The molecule has 0 heterocycles. The third-order valence-electron chi connectivity index (χ3n) is 3.05. The van der Waals surface area contributed by atoms with E-state index >= 15 is 0 Å². The van der Waals surface area contributed by atoms with E-state index < -0.39 is 6.03 Å². The fourth-order valence-corrected chi connectivity index (χ4v) is 1.88. The Morgan fingerprint density at radius 2 is 1.52 bits per heavy atom. The predicted octanol–water partition coefficient (Wildman–Crippen LogP) is 3.52. The lowest BCUT2D eigenvalue weighted by Crippen LogP contribution is -2.30. The summed E-state index contributed by atoms with van der Waals surface area (Å²) in [4.78, 5) is 10.7. The van der Waals surface area contributed by atoms with Gasteiger partial charge in [0.15, 0.2) is 5.76 Å². The fraction of sp³-hybridized carbons (Fsp3) is 0.824. The van der Waals surface area contributed by atoms with Crippen molar-refractivity contribution < 1.29 is 19.0 Å². The smallest absolute Gasteiger partial charge is 0.318 e. The van der Waals surface area contributed by atoms with Gasteiger partial charge in [0, 0.05) is 13.0 Å². The highest BCUT2D eigenvalue weighted by atomic mass is 16.7. The molecule has 23 heavy (non-hydrogen) atoms. The number of ether oxygens (including phenoxy) is 3. The van der Waals surface area contributed by atoms with Gasteiger partial charge in [0.1, 0.15) is 0 Å². The molecule has 1 atom stereocenters. The predicted molar refractivity (Wildman–Crippen MR) is 91.7 cm³/mol. The van der Waals surface area contributed by atoms with Gasteiger partial charge in [0.05, 0.1) is 19.8 Å². The number of urea groups is 1. The summed E-state index contributed by atoms with van der Waals surface area (Å²) in [5.74, 6) is 1.59. The molecule has 0 fully saturated rings. The Morgan fingerprint density at radius 1 is 1.00 bits per heavy atom. The normalized spacial score (nSPS) is 11.5. The van der Waals surface area contributed by atoms with Gasteiger partial charge in [0.2, 0.25) is 0 Å². The average Bonchev–Trinajstić information content (AvgIpc) is 2.51. The van der Waals surface area contributed by atoms with Crippen LogP contribution in [0.2, 0.25) is 0 Å². The maximum Gasteiger partial charge on any atom is 0.318 e. The summed E-state index contributed by atoms with van der Waals surface area (Å²) >= 11 is 0. The van der Waals surface area contributed by atoms with Gasteiger partial charge in [-0.2, -0.15) is 0 Å². The van der Waals surface area contributed by atoms with Crippen molar-refractivity contribution in [1.29, 1.82) is 0 Å². The maximum absolute atomic E-state index is 10.7. The van der Waals surface area contributed by atoms with Crippen LogP contribution >= 0.6 is 0 Å². The monoisotopic (exact) mass is 330 g/mol. The molecule has 0 aromatic rings. The van der Waals surface area contributed by atoms with Gasteiger partial charge in [-0.3, -0.25) is 0 Å². The lowest BCUT2D eigenvalue weighted by Gasteiger charge is -2.19. The molecule has 136 valence electrons.